The van der Waals surface area contributed by atoms with Crippen molar-refractivity contribution in [3.8, 4) is 0 Å². The van der Waals surface area contributed by atoms with Crippen molar-refractivity contribution >= 4 is 45.0 Å². The third-order valence-corrected chi connectivity index (χ3v) is 9.06. The molecule has 0 unspecified atom stereocenters. The predicted octanol–water partition coefficient (Wildman–Crippen LogP) is 7.47. The second kappa shape index (κ2) is 9.88. The summed E-state index contributed by atoms with van der Waals surface area (Å²) in [5, 5.41) is 8.41. The summed E-state index contributed by atoms with van der Waals surface area (Å²) in [7, 11) is 0. The van der Waals surface area contributed by atoms with E-state index < -0.39 is 0 Å². The minimum absolute atomic E-state index is 0.233. The van der Waals surface area contributed by atoms with E-state index in [2.05, 4.69) is 32.7 Å². The molecule has 4 aromatic carbocycles. The normalized spacial score (nSPS) is 14.5. The van der Waals surface area contributed by atoms with Gasteiger partial charge in [-0.2, -0.15) is 0 Å². The SMILES string of the molecule is O=C(Nc1cccc2c1C1(CC2)CCc2cccc(NC(=O)c3ccc4ccccc4n3)c21)c1ccc2ccccc2n1. The van der Waals surface area contributed by atoms with Crippen molar-refractivity contribution in [2.45, 2.75) is 31.1 Å². The van der Waals surface area contributed by atoms with Gasteiger partial charge in [0.1, 0.15) is 11.4 Å². The van der Waals surface area contributed by atoms with Crippen molar-refractivity contribution in [2.75, 3.05) is 10.6 Å². The number of anilines is 2. The Morgan fingerprint density at radius 1 is 0.535 bits per heavy atom. The lowest BCUT2D eigenvalue weighted by atomic mass is 9.75. The Kier molecular flexibility index (Phi) is 5.83. The number of nitrogens with one attached hydrogen (secondary N) is 2. The highest BCUT2D eigenvalue weighted by Gasteiger charge is 2.47. The fourth-order valence-corrected chi connectivity index (χ4v) is 7.16. The lowest BCUT2D eigenvalue weighted by molar-refractivity contribution is 0.101. The molecule has 0 aliphatic heterocycles. The van der Waals surface area contributed by atoms with Gasteiger partial charge in [0.2, 0.25) is 0 Å². The first-order chi connectivity index (χ1) is 21.1. The smallest absolute Gasteiger partial charge is 0.274 e. The molecular formula is C37H28N4O2. The van der Waals surface area contributed by atoms with Crippen LogP contribution in [0.3, 0.4) is 0 Å². The summed E-state index contributed by atoms with van der Waals surface area (Å²) in [6.45, 7) is 0. The van der Waals surface area contributed by atoms with Crippen LogP contribution >= 0.6 is 0 Å². The third kappa shape index (κ3) is 4.17. The number of benzene rings is 4. The van der Waals surface area contributed by atoms with Gasteiger partial charge in [-0.1, -0.05) is 72.8 Å². The summed E-state index contributed by atoms with van der Waals surface area (Å²) >= 11 is 0. The Bertz CT molecular complexity index is 1950. The van der Waals surface area contributed by atoms with E-state index in [1.165, 1.54) is 11.1 Å². The van der Waals surface area contributed by atoms with E-state index in [-0.39, 0.29) is 17.2 Å². The zero-order valence-electron chi connectivity index (χ0n) is 23.4. The maximum atomic E-state index is 13.5. The van der Waals surface area contributed by atoms with Crippen LogP contribution in [-0.4, -0.2) is 21.8 Å². The van der Waals surface area contributed by atoms with Crippen LogP contribution in [0.2, 0.25) is 0 Å². The summed E-state index contributed by atoms with van der Waals surface area (Å²) in [4.78, 5) is 36.3. The Hall–Kier alpha value is -5.36. The van der Waals surface area contributed by atoms with Gasteiger partial charge in [-0.3, -0.25) is 9.59 Å². The average Bonchev–Trinajstić information content (AvgIpc) is 3.62. The summed E-state index contributed by atoms with van der Waals surface area (Å²) < 4.78 is 0. The monoisotopic (exact) mass is 560 g/mol. The Morgan fingerprint density at radius 3 is 1.49 bits per heavy atom. The summed E-state index contributed by atoms with van der Waals surface area (Å²) in [6, 6.07) is 35.3. The van der Waals surface area contributed by atoms with Crippen LogP contribution in [0.4, 0.5) is 11.4 Å². The molecule has 8 rings (SSSR count). The number of hydrogen-bond donors (Lipinski definition) is 2. The molecule has 2 aromatic heterocycles. The minimum atomic E-state index is -0.313. The van der Waals surface area contributed by atoms with Gasteiger partial charge in [-0.25, -0.2) is 9.97 Å². The van der Waals surface area contributed by atoms with E-state index in [0.717, 1.165) is 70.0 Å². The molecule has 0 saturated heterocycles. The number of carbonyl (C=O) groups is 2. The second-order valence-electron chi connectivity index (χ2n) is 11.4. The maximum absolute atomic E-state index is 13.5. The molecule has 0 fully saturated rings. The first-order valence-corrected chi connectivity index (χ1v) is 14.7. The van der Waals surface area contributed by atoms with Gasteiger partial charge in [0.15, 0.2) is 0 Å². The van der Waals surface area contributed by atoms with Gasteiger partial charge in [0.25, 0.3) is 11.8 Å². The standard InChI is InChI=1S/C37H28N4O2/c42-35(31-17-15-23-7-1-3-11-27(23)38-31)40-29-13-5-9-25-19-21-37(33(25)29)22-20-26-10-6-14-30(34(26)37)41-36(43)32-18-16-24-8-2-4-12-28(24)39-32/h1-18H,19-22H2,(H,40,42)(H,41,43). The fourth-order valence-electron chi connectivity index (χ4n) is 7.16. The van der Waals surface area contributed by atoms with Crippen molar-refractivity contribution < 1.29 is 9.59 Å². The zero-order chi connectivity index (χ0) is 29.0. The number of nitrogens with zero attached hydrogens (tertiary/aromatic N) is 2. The quantitative estimate of drug-likeness (QED) is 0.234. The number of pyridine rings is 2. The highest BCUT2D eigenvalue weighted by atomic mass is 16.2. The molecule has 2 aliphatic carbocycles. The van der Waals surface area contributed by atoms with Crippen LogP contribution in [0.25, 0.3) is 21.8 Å². The van der Waals surface area contributed by atoms with Crippen LogP contribution in [0.15, 0.2) is 109 Å². The molecule has 0 radical (unpaired) electrons. The van der Waals surface area contributed by atoms with Crippen molar-refractivity contribution in [1.82, 2.24) is 9.97 Å². The van der Waals surface area contributed by atoms with Gasteiger partial charge in [0, 0.05) is 27.6 Å². The van der Waals surface area contributed by atoms with Crippen molar-refractivity contribution in [1.29, 1.82) is 0 Å². The number of amides is 2. The third-order valence-electron chi connectivity index (χ3n) is 9.06. The molecular weight excluding hydrogens is 532 g/mol. The van der Waals surface area contributed by atoms with Crippen molar-refractivity contribution in [2.24, 2.45) is 0 Å². The number of rotatable bonds is 4. The molecule has 1 spiro atoms. The molecule has 43 heavy (non-hydrogen) atoms. The topological polar surface area (TPSA) is 84.0 Å². The summed E-state index contributed by atoms with van der Waals surface area (Å²) in [5.41, 5.74) is 8.39. The average molecular weight is 561 g/mol. The minimum Gasteiger partial charge on any atom is -0.320 e. The lowest BCUT2D eigenvalue weighted by Gasteiger charge is -2.30. The van der Waals surface area contributed by atoms with Gasteiger partial charge >= 0.3 is 0 Å². The number of fused-ring (bicyclic) bond motifs is 6. The molecule has 6 aromatic rings. The van der Waals surface area contributed by atoms with Crippen molar-refractivity contribution in [3.63, 3.8) is 0 Å². The van der Waals surface area contributed by atoms with Gasteiger partial charge in [-0.05, 0) is 84.3 Å². The molecule has 0 bridgehead atoms. The Balaban J connectivity index is 1.16. The van der Waals surface area contributed by atoms with E-state index in [1.807, 2.05) is 84.9 Å². The van der Waals surface area contributed by atoms with E-state index in [0.29, 0.717) is 11.4 Å². The number of aromatic nitrogens is 2. The highest BCUT2D eigenvalue weighted by molar-refractivity contribution is 6.06. The first kappa shape index (κ1) is 25.4. The summed E-state index contributed by atoms with van der Waals surface area (Å²) in [6.07, 6.45) is 3.64. The lowest BCUT2D eigenvalue weighted by Crippen LogP contribution is -2.26. The van der Waals surface area contributed by atoms with E-state index in [9.17, 15) is 9.59 Å². The number of para-hydroxylation sites is 2. The molecule has 0 saturated carbocycles. The van der Waals surface area contributed by atoms with Gasteiger partial charge in [-0.15, -0.1) is 0 Å². The van der Waals surface area contributed by atoms with Crippen LogP contribution < -0.4 is 10.6 Å². The Labute approximate surface area is 248 Å². The van der Waals surface area contributed by atoms with Crippen molar-refractivity contribution in [3.05, 3.63) is 143 Å². The molecule has 2 amide bonds. The summed E-state index contributed by atoms with van der Waals surface area (Å²) in [5.74, 6) is -0.466. The molecule has 0 atom stereocenters. The predicted molar refractivity (Wildman–Crippen MR) is 170 cm³/mol. The molecule has 6 nitrogen and oxygen atoms in total. The van der Waals surface area contributed by atoms with Crippen LogP contribution in [0, 0.1) is 0 Å². The fraction of sp³-hybridized carbons (Fsp3) is 0.135. The van der Waals surface area contributed by atoms with Crippen LogP contribution in [0.5, 0.6) is 0 Å². The van der Waals surface area contributed by atoms with E-state index >= 15 is 0 Å². The molecule has 6 heteroatoms. The van der Waals surface area contributed by atoms with Gasteiger partial charge < -0.3 is 10.6 Å². The maximum Gasteiger partial charge on any atom is 0.274 e. The number of aryl methyl sites for hydroxylation is 2. The molecule has 2 heterocycles. The second-order valence-corrected chi connectivity index (χ2v) is 11.4. The first-order valence-electron chi connectivity index (χ1n) is 14.7. The molecule has 2 aliphatic rings. The Morgan fingerprint density at radius 2 is 1.00 bits per heavy atom. The number of hydrogen-bond acceptors (Lipinski definition) is 4. The van der Waals surface area contributed by atoms with Crippen LogP contribution in [0.1, 0.15) is 56.1 Å². The van der Waals surface area contributed by atoms with Gasteiger partial charge in [0.05, 0.1) is 11.0 Å². The molecule has 2 N–H and O–H groups in total. The highest BCUT2D eigenvalue weighted by Crippen LogP contribution is 2.56. The largest absolute Gasteiger partial charge is 0.320 e. The number of carbonyl (C=O) groups excluding carboxylic acids is 2. The van der Waals surface area contributed by atoms with E-state index in [4.69, 9.17) is 0 Å². The molecule has 208 valence electrons. The zero-order valence-corrected chi connectivity index (χ0v) is 23.4. The van der Waals surface area contributed by atoms with E-state index in [1.54, 1.807) is 12.1 Å². The van der Waals surface area contributed by atoms with Crippen LogP contribution in [-0.2, 0) is 18.3 Å².